The van der Waals surface area contributed by atoms with Gasteiger partial charge in [-0.1, -0.05) is 20.3 Å². The lowest BCUT2D eigenvalue weighted by Crippen LogP contribution is -2.19. The molecule has 0 aliphatic heterocycles. The molecule has 2 atom stereocenters. The molecule has 102 valence electrons. The molecule has 0 radical (unpaired) electrons. The molecule has 0 fully saturated rings. The molecule has 0 spiro atoms. The summed E-state index contributed by atoms with van der Waals surface area (Å²) in [6.45, 7) is 4.25. The predicted octanol–water partition coefficient (Wildman–Crippen LogP) is 2.76. The van der Waals surface area contributed by atoms with Crippen LogP contribution < -0.4 is 19.9 Å². The van der Waals surface area contributed by atoms with Crippen molar-refractivity contribution in [1.29, 1.82) is 0 Å². The average molecular weight is 253 g/mol. The summed E-state index contributed by atoms with van der Waals surface area (Å²) in [5.74, 6) is 2.27. The van der Waals surface area contributed by atoms with Crippen molar-refractivity contribution in [3.63, 3.8) is 0 Å². The number of rotatable bonds is 6. The Hall–Kier alpha value is -1.42. The van der Waals surface area contributed by atoms with Crippen LogP contribution in [0.1, 0.15) is 31.9 Å². The largest absolute Gasteiger partial charge is 0.493 e. The van der Waals surface area contributed by atoms with Gasteiger partial charge in [0.25, 0.3) is 0 Å². The molecule has 0 aromatic heterocycles. The van der Waals surface area contributed by atoms with E-state index in [2.05, 4.69) is 13.8 Å². The summed E-state index contributed by atoms with van der Waals surface area (Å²) < 4.78 is 16.1. The van der Waals surface area contributed by atoms with Crippen LogP contribution in [0.2, 0.25) is 0 Å². The Morgan fingerprint density at radius 3 is 2.11 bits per heavy atom. The molecular weight excluding hydrogens is 230 g/mol. The van der Waals surface area contributed by atoms with Crippen LogP contribution in [0.4, 0.5) is 0 Å². The van der Waals surface area contributed by atoms with Crippen LogP contribution in [0.3, 0.4) is 0 Å². The van der Waals surface area contributed by atoms with Gasteiger partial charge in [-0.2, -0.15) is 0 Å². The molecule has 2 N–H and O–H groups in total. The maximum atomic E-state index is 6.26. The second-order valence-electron chi connectivity index (χ2n) is 4.33. The van der Waals surface area contributed by atoms with Crippen LogP contribution in [-0.4, -0.2) is 21.3 Å². The Morgan fingerprint density at radius 2 is 1.67 bits per heavy atom. The van der Waals surface area contributed by atoms with E-state index in [1.54, 1.807) is 21.3 Å². The monoisotopic (exact) mass is 253 g/mol. The SMILES string of the molecule is CCC(C)[C@H](N)c1ccc(OC)c(OC)c1OC. The summed E-state index contributed by atoms with van der Waals surface area (Å²) in [4.78, 5) is 0. The summed E-state index contributed by atoms with van der Waals surface area (Å²) in [6.07, 6.45) is 1.01. The maximum Gasteiger partial charge on any atom is 0.203 e. The van der Waals surface area contributed by atoms with E-state index in [4.69, 9.17) is 19.9 Å². The Labute approximate surface area is 109 Å². The van der Waals surface area contributed by atoms with E-state index in [0.717, 1.165) is 12.0 Å². The first-order chi connectivity index (χ1) is 8.60. The highest BCUT2D eigenvalue weighted by atomic mass is 16.5. The van der Waals surface area contributed by atoms with Crippen molar-refractivity contribution in [2.75, 3.05) is 21.3 Å². The lowest BCUT2D eigenvalue weighted by Gasteiger charge is -2.23. The molecule has 18 heavy (non-hydrogen) atoms. The number of hydrogen-bond donors (Lipinski definition) is 1. The summed E-state index contributed by atoms with van der Waals surface area (Å²) in [5, 5.41) is 0. The molecule has 1 rings (SSSR count). The second-order valence-corrected chi connectivity index (χ2v) is 4.33. The van der Waals surface area contributed by atoms with Gasteiger partial charge in [0.05, 0.1) is 21.3 Å². The van der Waals surface area contributed by atoms with Gasteiger partial charge in [-0.05, 0) is 18.1 Å². The zero-order valence-corrected chi connectivity index (χ0v) is 11.8. The van der Waals surface area contributed by atoms with E-state index >= 15 is 0 Å². The van der Waals surface area contributed by atoms with Crippen LogP contribution in [0.25, 0.3) is 0 Å². The quantitative estimate of drug-likeness (QED) is 0.847. The highest BCUT2D eigenvalue weighted by Crippen LogP contribution is 2.43. The molecule has 0 heterocycles. The third-order valence-corrected chi connectivity index (χ3v) is 3.35. The van der Waals surface area contributed by atoms with Crippen LogP contribution >= 0.6 is 0 Å². The minimum absolute atomic E-state index is 0.0789. The molecule has 0 bridgehead atoms. The molecule has 0 amide bonds. The van der Waals surface area contributed by atoms with Crippen molar-refractivity contribution in [2.24, 2.45) is 11.7 Å². The molecule has 0 aliphatic carbocycles. The molecule has 1 unspecified atom stereocenters. The van der Waals surface area contributed by atoms with Crippen LogP contribution in [0.15, 0.2) is 12.1 Å². The Balaban J connectivity index is 3.28. The Bertz CT molecular complexity index is 393. The number of benzene rings is 1. The predicted molar refractivity (Wildman–Crippen MR) is 72.5 cm³/mol. The summed E-state index contributed by atoms with van der Waals surface area (Å²) in [5.41, 5.74) is 7.21. The van der Waals surface area contributed by atoms with Crippen LogP contribution in [0, 0.1) is 5.92 Å². The fourth-order valence-electron chi connectivity index (χ4n) is 1.95. The van der Waals surface area contributed by atoms with Gasteiger partial charge in [-0.15, -0.1) is 0 Å². The van der Waals surface area contributed by atoms with Gasteiger partial charge in [-0.25, -0.2) is 0 Å². The normalized spacial score (nSPS) is 13.9. The van der Waals surface area contributed by atoms with E-state index < -0.39 is 0 Å². The van der Waals surface area contributed by atoms with E-state index in [-0.39, 0.29) is 6.04 Å². The summed E-state index contributed by atoms with van der Waals surface area (Å²) in [6, 6.07) is 3.72. The first-order valence-electron chi connectivity index (χ1n) is 6.15. The summed E-state index contributed by atoms with van der Waals surface area (Å²) in [7, 11) is 4.81. The number of methoxy groups -OCH3 is 3. The Morgan fingerprint density at radius 1 is 1.06 bits per heavy atom. The van der Waals surface area contributed by atoms with Crippen molar-refractivity contribution < 1.29 is 14.2 Å². The van der Waals surface area contributed by atoms with Crippen molar-refractivity contribution in [2.45, 2.75) is 26.3 Å². The third-order valence-electron chi connectivity index (χ3n) is 3.35. The fourth-order valence-corrected chi connectivity index (χ4v) is 1.95. The van der Waals surface area contributed by atoms with Gasteiger partial charge in [0, 0.05) is 11.6 Å². The van der Waals surface area contributed by atoms with E-state index in [1.807, 2.05) is 12.1 Å². The molecular formula is C14H23NO3. The van der Waals surface area contributed by atoms with Crippen LogP contribution in [-0.2, 0) is 0 Å². The third kappa shape index (κ3) is 2.70. The lowest BCUT2D eigenvalue weighted by atomic mass is 9.92. The minimum Gasteiger partial charge on any atom is -0.493 e. The van der Waals surface area contributed by atoms with Gasteiger partial charge in [0.2, 0.25) is 5.75 Å². The van der Waals surface area contributed by atoms with Gasteiger partial charge >= 0.3 is 0 Å². The molecule has 4 nitrogen and oxygen atoms in total. The summed E-state index contributed by atoms with van der Waals surface area (Å²) >= 11 is 0. The van der Waals surface area contributed by atoms with E-state index in [0.29, 0.717) is 23.2 Å². The molecule has 1 aromatic rings. The van der Waals surface area contributed by atoms with Gasteiger partial charge in [0.15, 0.2) is 11.5 Å². The molecule has 1 aromatic carbocycles. The van der Waals surface area contributed by atoms with Gasteiger partial charge in [-0.3, -0.25) is 0 Å². The molecule has 0 saturated carbocycles. The zero-order valence-electron chi connectivity index (χ0n) is 11.8. The minimum atomic E-state index is -0.0789. The number of nitrogens with two attached hydrogens (primary N) is 1. The first kappa shape index (κ1) is 14.6. The topological polar surface area (TPSA) is 53.7 Å². The molecule has 0 saturated heterocycles. The molecule has 4 heteroatoms. The van der Waals surface area contributed by atoms with Gasteiger partial charge in [0.1, 0.15) is 0 Å². The maximum absolute atomic E-state index is 6.26. The molecule has 0 aliphatic rings. The first-order valence-corrected chi connectivity index (χ1v) is 6.15. The lowest BCUT2D eigenvalue weighted by molar-refractivity contribution is 0.317. The standard InChI is InChI=1S/C14H23NO3/c1-6-9(2)12(15)10-7-8-11(16-3)14(18-5)13(10)17-4/h7-9,12H,6,15H2,1-5H3/t9?,12-/m0/s1. The second kappa shape index (κ2) is 6.50. The highest BCUT2D eigenvalue weighted by Gasteiger charge is 2.22. The fraction of sp³-hybridized carbons (Fsp3) is 0.571. The van der Waals surface area contributed by atoms with Crippen molar-refractivity contribution in [3.8, 4) is 17.2 Å². The average Bonchev–Trinajstić information content (AvgIpc) is 2.43. The number of ether oxygens (including phenoxy) is 3. The highest BCUT2D eigenvalue weighted by molar-refractivity contribution is 5.56. The van der Waals surface area contributed by atoms with E-state index in [9.17, 15) is 0 Å². The van der Waals surface area contributed by atoms with Crippen LogP contribution in [0.5, 0.6) is 17.2 Å². The van der Waals surface area contributed by atoms with Crippen molar-refractivity contribution >= 4 is 0 Å². The number of hydrogen-bond acceptors (Lipinski definition) is 4. The zero-order chi connectivity index (χ0) is 13.7. The van der Waals surface area contributed by atoms with Crippen molar-refractivity contribution in [3.05, 3.63) is 17.7 Å². The smallest absolute Gasteiger partial charge is 0.203 e. The van der Waals surface area contributed by atoms with Gasteiger partial charge < -0.3 is 19.9 Å². The Kier molecular flexibility index (Phi) is 5.28. The van der Waals surface area contributed by atoms with E-state index in [1.165, 1.54) is 0 Å². The van der Waals surface area contributed by atoms with Crippen molar-refractivity contribution in [1.82, 2.24) is 0 Å².